The highest BCUT2D eigenvalue weighted by Crippen LogP contribution is 2.25. The van der Waals surface area contributed by atoms with Crippen LogP contribution in [-0.2, 0) is 15.6 Å². The smallest absolute Gasteiger partial charge is 0.219 e. The Morgan fingerprint density at radius 1 is 1.35 bits per heavy atom. The maximum Gasteiger partial charge on any atom is 0.219 e. The van der Waals surface area contributed by atoms with Gasteiger partial charge in [0, 0.05) is 23.7 Å². The van der Waals surface area contributed by atoms with Crippen LogP contribution in [0.4, 0.5) is 0 Å². The number of hydrogen-bond acceptors (Lipinski definition) is 7. The topological polar surface area (TPSA) is 98.6 Å². The summed E-state index contributed by atoms with van der Waals surface area (Å²) in [5, 5.41) is 12.9. The van der Waals surface area contributed by atoms with E-state index in [0.717, 1.165) is 22.9 Å². The van der Waals surface area contributed by atoms with Gasteiger partial charge in [-0.3, -0.25) is 0 Å². The molecule has 1 aromatic carbocycles. The molecule has 0 atom stereocenters. The number of aromatic amines is 1. The molecule has 0 bridgehead atoms. The van der Waals surface area contributed by atoms with Crippen molar-refractivity contribution in [1.29, 1.82) is 5.26 Å². The van der Waals surface area contributed by atoms with Crippen LogP contribution in [0, 0.1) is 18.3 Å². The number of nitriles is 1. The number of nitrogens with one attached hydrogen (secondary N) is 2. The van der Waals surface area contributed by atoms with Crippen molar-refractivity contribution in [3.05, 3.63) is 58.0 Å². The number of imidazole rings is 1. The molecular weight excluding hydrogens is 388 g/mol. The molecule has 1 aromatic heterocycles. The van der Waals surface area contributed by atoms with Crippen LogP contribution in [0.25, 0.3) is 0 Å². The van der Waals surface area contributed by atoms with E-state index in [9.17, 15) is 13.7 Å². The van der Waals surface area contributed by atoms with Gasteiger partial charge in [-0.2, -0.15) is 17.0 Å². The standard InChI is InChI=1S/C17H20N4O2S3/c1-13-15(21-12-20-13)11-25-9-8-19-17(24-2)16(10-18)26(22,23)14-6-4-3-5-7-14/h3-7,12,19H,8-9,11H2,1-2H3,(H,20,21). The molecule has 0 radical (unpaired) electrons. The molecule has 2 aromatic rings. The maximum absolute atomic E-state index is 12.7. The number of rotatable bonds is 9. The van der Waals surface area contributed by atoms with E-state index in [4.69, 9.17) is 0 Å². The summed E-state index contributed by atoms with van der Waals surface area (Å²) >= 11 is 2.93. The van der Waals surface area contributed by atoms with Gasteiger partial charge in [-0.25, -0.2) is 13.4 Å². The van der Waals surface area contributed by atoms with Crippen molar-refractivity contribution < 1.29 is 8.42 Å². The van der Waals surface area contributed by atoms with Crippen molar-refractivity contribution >= 4 is 33.4 Å². The fraction of sp³-hybridized carbons (Fsp3) is 0.294. The van der Waals surface area contributed by atoms with Gasteiger partial charge >= 0.3 is 0 Å². The first-order valence-electron chi connectivity index (χ1n) is 7.79. The molecular formula is C17H20N4O2S3. The lowest BCUT2D eigenvalue weighted by Crippen LogP contribution is -2.19. The molecule has 2 N–H and O–H groups in total. The fourth-order valence-electron chi connectivity index (χ4n) is 2.14. The number of thioether (sulfide) groups is 2. The molecule has 1 heterocycles. The second-order valence-corrected chi connectivity index (χ2v) is 9.04. The molecule has 6 nitrogen and oxygen atoms in total. The highest BCUT2D eigenvalue weighted by atomic mass is 32.2. The molecule has 0 saturated heterocycles. The number of H-pyrrole nitrogens is 1. The van der Waals surface area contributed by atoms with Crippen LogP contribution < -0.4 is 5.32 Å². The van der Waals surface area contributed by atoms with Crippen molar-refractivity contribution in [3.63, 3.8) is 0 Å². The van der Waals surface area contributed by atoms with Gasteiger partial charge in [0.15, 0.2) is 4.91 Å². The van der Waals surface area contributed by atoms with Crippen LogP contribution in [0.3, 0.4) is 0 Å². The van der Waals surface area contributed by atoms with Crippen molar-refractivity contribution in [2.75, 3.05) is 18.6 Å². The molecule has 26 heavy (non-hydrogen) atoms. The van der Waals surface area contributed by atoms with Crippen LogP contribution in [0.15, 0.2) is 51.5 Å². The van der Waals surface area contributed by atoms with Gasteiger partial charge in [0.1, 0.15) is 6.07 Å². The normalized spacial score (nSPS) is 12.3. The van der Waals surface area contributed by atoms with E-state index in [1.54, 1.807) is 42.5 Å². The van der Waals surface area contributed by atoms with Crippen molar-refractivity contribution in [2.24, 2.45) is 0 Å². The summed E-state index contributed by atoms with van der Waals surface area (Å²) in [6.45, 7) is 2.51. The minimum absolute atomic E-state index is 0.119. The van der Waals surface area contributed by atoms with E-state index in [1.165, 1.54) is 23.9 Å². The van der Waals surface area contributed by atoms with Gasteiger partial charge in [0.25, 0.3) is 0 Å². The SMILES string of the molecule is CSC(NCCSCc1[nH]cnc1C)=C(C#N)S(=O)(=O)c1ccccc1. The van der Waals surface area contributed by atoms with Crippen molar-refractivity contribution in [3.8, 4) is 6.07 Å². The van der Waals surface area contributed by atoms with Crippen LogP contribution in [-0.4, -0.2) is 36.9 Å². The molecule has 0 unspecified atom stereocenters. The highest BCUT2D eigenvalue weighted by Gasteiger charge is 2.24. The first-order chi connectivity index (χ1) is 12.5. The summed E-state index contributed by atoms with van der Waals surface area (Å²) in [7, 11) is -3.83. The second-order valence-electron chi connectivity index (χ2n) is 5.24. The summed E-state index contributed by atoms with van der Waals surface area (Å²) in [5.74, 6) is 1.58. The lowest BCUT2D eigenvalue weighted by Gasteiger charge is -2.11. The summed E-state index contributed by atoms with van der Waals surface area (Å²) in [5.41, 5.74) is 2.07. The summed E-state index contributed by atoms with van der Waals surface area (Å²) in [4.78, 5) is 7.12. The van der Waals surface area contributed by atoms with E-state index in [-0.39, 0.29) is 9.80 Å². The average molecular weight is 409 g/mol. The van der Waals surface area contributed by atoms with E-state index in [1.807, 2.05) is 13.0 Å². The average Bonchev–Trinajstić information content (AvgIpc) is 3.06. The Kier molecular flexibility index (Phi) is 7.63. The molecule has 0 aliphatic carbocycles. The molecule has 0 spiro atoms. The molecule has 0 aliphatic rings. The molecule has 0 aliphatic heterocycles. The van der Waals surface area contributed by atoms with Crippen LogP contribution in [0.1, 0.15) is 11.4 Å². The lowest BCUT2D eigenvalue weighted by atomic mass is 10.4. The quantitative estimate of drug-likeness (QED) is 0.486. The van der Waals surface area contributed by atoms with Crippen molar-refractivity contribution in [1.82, 2.24) is 15.3 Å². The fourth-order valence-corrected chi connectivity index (χ4v) is 5.27. The third-order valence-electron chi connectivity index (χ3n) is 3.55. The highest BCUT2D eigenvalue weighted by molar-refractivity contribution is 8.04. The summed E-state index contributed by atoms with van der Waals surface area (Å²) < 4.78 is 25.4. The van der Waals surface area contributed by atoms with E-state index in [0.29, 0.717) is 11.6 Å². The lowest BCUT2D eigenvalue weighted by molar-refractivity contribution is 0.602. The number of aryl methyl sites for hydroxylation is 1. The third kappa shape index (κ3) is 5.06. The molecule has 0 amide bonds. The van der Waals surface area contributed by atoms with Gasteiger partial charge in [-0.1, -0.05) is 18.2 Å². The molecule has 138 valence electrons. The van der Waals surface area contributed by atoms with Gasteiger partial charge < -0.3 is 10.3 Å². The molecule has 2 rings (SSSR count). The Morgan fingerprint density at radius 3 is 2.65 bits per heavy atom. The minimum Gasteiger partial charge on any atom is -0.377 e. The van der Waals surface area contributed by atoms with Crippen LogP contribution in [0.2, 0.25) is 0 Å². The Morgan fingerprint density at radius 2 is 2.08 bits per heavy atom. The van der Waals surface area contributed by atoms with Crippen molar-refractivity contribution in [2.45, 2.75) is 17.6 Å². The summed E-state index contributed by atoms with van der Waals surface area (Å²) in [6.07, 6.45) is 3.42. The molecule has 0 fully saturated rings. The molecule has 9 heteroatoms. The second kappa shape index (κ2) is 9.71. The number of sulfone groups is 1. The number of hydrogen-bond donors (Lipinski definition) is 2. The predicted octanol–water partition coefficient (Wildman–Crippen LogP) is 3.07. The Labute approximate surface area is 162 Å². The molecule has 0 saturated carbocycles. The zero-order valence-electron chi connectivity index (χ0n) is 14.5. The first kappa shape index (κ1) is 20.4. The van der Waals surface area contributed by atoms with Crippen LogP contribution >= 0.6 is 23.5 Å². The Balaban J connectivity index is 2.02. The first-order valence-corrected chi connectivity index (χ1v) is 11.7. The predicted molar refractivity (Wildman–Crippen MR) is 107 cm³/mol. The van der Waals surface area contributed by atoms with Crippen LogP contribution in [0.5, 0.6) is 0 Å². The third-order valence-corrected chi connectivity index (χ3v) is 7.14. The van der Waals surface area contributed by atoms with E-state index < -0.39 is 9.84 Å². The monoisotopic (exact) mass is 408 g/mol. The number of benzene rings is 1. The Hall–Kier alpha value is -1.89. The number of aromatic nitrogens is 2. The van der Waals surface area contributed by atoms with Gasteiger partial charge in [-0.15, -0.1) is 11.8 Å². The largest absolute Gasteiger partial charge is 0.377 e. The van der Waals surface area contributed by atoms with E-state index >= 15 is 0 Å². The van der Waals surface area contributed by atoms with E-state index in [2.05, 4.69) is 15.3 Å². The number of allylic oxidation sites excluding steroid dienone is 1. The minimum atomic E-state index is -3.83. The van der Waals surface area contributed by atoms with Gasteiger partial charge in [0.2, 0.25) is 9.84 Å². The zero-order valence-corrected chi connectivity index (χ0v) is 17.0. The maximum atomic E-state index is 12.7. The summed E-state index contributed by atoms with van der Waals surface area (Å²) in [6, 6.07) is 9.86. The van der Waals surface area contributed by atoms with Gasteiger partial charge in [-0.05, 0) is 25.3 Å². The van der Waals surface area contributed by atoms with Gasteiger partial charge in [0.05, 0.1) is 21.9 Å². The zero-order chi connectivity index (χ0) is 19.0. The number of nitrogens with zero attached hydrogens (tertiary/aromatic N) is 2. The Bertz CT molecular complexity index is 900.